The Hall–Kier alpha value is -1.61. The van der Waals surface area contributed by atoms with Gasteiger partial charge in [0.1, 0.15) is 0 Å². The van der Waals surface area contributed by atoms with Gasteiger partial charge in [0.05, 0.1) is 12.1 Å². The van der Waals surface area contributed by atoms with Gasteiger partial charge in [-0.3, -0.25) is 4.79 Å². The predicted octanol–water partition coefficient (Wildman–Crippen LogP) is 4.03. The van der Waals surface area contributed by atoms with Crippen molar-refractivity contribution >= 4 is 16.7 Å². The van der Waals surface area contributed by atoms with Gasteiger partial charge < -0.3 is 9.67 Å². The van der Waals surface area contributed by atoms with Gasteiger partial charge in [-0.1, -0.05) is 38.5 Å². The number of hydrogen-bond acceptors (Lipinski definition) is 2. The van der Waals surface area contributed by atoms with E-state index in [1.54, 1.807) is 13.8 Å². The molecule has 1 N–H and O–H groups in total. The quantitative estimate of drug-likeness (QED) is 0.815. The number of ketones is 1. The van der Waals surface area contributed by atoms with E-state index in [2.05, 4.69) is 6.92 Å². The lowest BCUT2D eigenvalue weighted by molar-refractivity contribution is 0.0627. The highest BCUT2D eigenvalue weighted by molar-refractivity contribution is 6.09. The zero-order valence-electron chi connectivity index (χ0n) is 13.4. The first-order valence-electron chi connectivity index (χ1n) is 7.68. The number of carbonyl (C=O) groups is 1. The van der Waals surface area contributed by atoms with Gasteiger partial charge in [-0.2, -0.15) is 0 Å². The third-order valence-electron chi connectivity index (χ3n) is 3.78. The summed E-state index contributed by atoms with van der Waals surface area (Å²) in [5.41, 5.74) is 0.972. The average molecular weight is 287 g/mol. The highest BCUT2D eigenvalue weighted by Crippen LogP contribution is 2.26. The van der Waals surface area contributed by atoms with Crippen LogP contribution in [0.2, 0.25) is 0 Å². The molecule has 0 saturated heterocycles. The van der Waals surface area contributed by atoms with Crippen LogP contribution in [0.1, 0.15) is 50.9 Å². The molecule has 1 heterocycles. The molecule has 2 rings (SSSR count). The van der Waals surface area contributed by atoms with Gasteiger partial charge in [0.25, 0.3) is 0 Å². The molecule has 0 saturated carbocycles. The van der Waals surface area contributed by atoms with Crippen molar-refractivity contribution in [3.05, 3.63) is 36.0 Å². The minimum absolute atomic E-state index is 0.0383. The summed E-state index contributed by atoms with van der Waals surface area (Å²) in [6, 6.07) is 7.91. The number of aliphatic hydroxyl groups is 1. The van der Waals surface area contributed by atoms with Crippen molar-refractivity contribution in [2.45, 2.75) is 52.7 Å². The summed E-state index contributed by atoms with van der Waals surface area (Å²) in [4.78, 5) is 12.7. The van der Waals surface area contributed by atoms with Crippen molar-refractivity contribution < 1.29 is 9.90 Å². The molecule has 3 nitrogen and oxygen atoms in total. The van der Waals surface area contributed by atoms with E-state index < -0.39 is 5.60 Å². The number of nitrogens with zero attached hydrogens (tertiary/aromatic N) is 1. The van der Waals surface area contributed by atoms with Crippen LogP contribution in [-0.4, -0.2) is 21.1 Å². The fourth-order valence-electron chi connectivity index (χ4n) is 2.82. The zero-order valence-corrected chi connectivity index (χ0v) is 13.4. The lowest BCUT2D eigenvalue weighted by atomic mass is 9.95. The fourth-order valence-corrected chi connectivity index (χ4v) is 2.82. The molecule has 0 amide bonds. The smallest absolute Gasteiger partial charge is 0.167 e. The molecular formula is C18H25NO2. The summed E-state index contributed by atoms with van der Waals surface area (Å²) in [6.07, 6.45) is 3.82. The number of hydrogen-bond donors (Lipinski definition) is 1. The lowest BCUT2D eigenvalue weighted by Gasteiger charge is -2.18. The summed E-state index contributed by atoms with van der Waals surface area (Å²) >= 11 is 0. The van der Waals surface area contributed by atoms with Crippen molar-refractivity contribution in [1.29, 1.82) is 0 Å². The average Bonchev–Trinajstić information content (AvgIpc) is 2.75. The van der Waals surface area contributed by atoms with Crippen molar-refractivity contribution in [2.24, 2.45) is 5.92 Å². The largest absolute Gasteiger partial charge is 0.389 e. The van der Waals surface area contributed by atoms with Gasteiger partial charge in [0.2, 0.25) is 0 Å². The standard InChI is InChI=1S/C18H25NO2/c1-5-8-13(2)17(20)15-11-19(12-18(3,4)21)16-10-7-6-9-14(15)16/h6-7,9-11,13,21H,5,8,12H2,1-4H3. The van der Waals surface area contributed by atoms with Crippen LogP contribution in [0.5, 0.6) is 0 Å². The molecule has 0 spiro atoms. The number of para-hydroxylation sites is 1. The van der Waals surface area contributed by atoms with E-state index in [0.29, 0.717) is 6.54 Å². The van der Waals surface area contributed by atoms with E-state index in [9.17, 15) is 9.90 Å². The first-order valence-corrected chi connectivity index (χ1v) is 7.68. The maximum atomic E-state index is 12.7. The molecule has 0 bridgehead atoms. The molecule has 3 heteroatoms. The number of benzene rings is 1. The minimum Gasteiger partial charge on any atom is -0.389 e. The Labute approximate surface area is 126 Å². The summed E-state index contributed by atoms with van der Waals surface area (Å²) < 4.78 is 1.99. The van der Waals surface area contributed by atoms with Crippen LogP contribution in [0.15, 0.2) is 30.5 Å². The molecule has 114 valence electrons. The van der Waals surface area contributed by atoms with Crippen molar-refractivity contribution in [2.75, 3.05) is 0 Å². The topological polar surface area (TPSA) is 42.2 Å². The Bertz CT molecular complexity index is 634. The Morgan fingerprint density at radius 1 is 1.33 bits per heavy atom. The molecule has 0 radical (unpaired) electrons. The van der Waals surface area contributed by atoms with Crippen LogP contribution in [0.4, 0.5) is 0 Å². The molecule has 0 aliphatic heterocycles. The highest BCUT2D eigenvalue weighted by Gasteiger charge is 2.22. The summed E-state index contributed by atoms with van der Waals surface area (Å²) in [7, 11) is 0. The van der Waals surface area contributed by atoms with E-state index in [4.69, 9.17) is 0 Å². The molecule has 2 aromatic rings. The van der Waals surface area contributed by atoms with Crippen molar-refractivity contribution in [3.8, 4) is 0 Å². The number of aromatic nitrogens is 1. The predicted molar refractivity (Wildman–Crippen MR) is 86.6 cm³/mol. The molecule has 1 aromatic carbocycles. The Morgan fingerprint density at radius 2 is 2.00 bits per heavy atom. The van der Waals surface area contributed by atoms with E-state index in [1.807, 2.05) is 42.0 Å². The van der Waals surface area contributed by atoms with Gasteiger partial charge in [0, 0.05) is 28.6 Å². The Kier molecular flexibility index (Phi) is 4.52. The SMILES string of the molecule is CCCC(C)C(=O)c1cn(CC(C)(C)O)c2ccccc12. The molecule has 0 aliphatic carbocycles. The Morgan fingerprint density at radius 3 is 2.62 bits per heavy atom. The zero-order chi connectivity index (χ0) is 15.6. The number of rotatable bonds is 6. The van der Waals surface area contributed by atoms with Crippen LogP contribution in [0.25, 0.3) is 10.9 Å². The third-order valence-corrected chi connectivity index (χ3v) is 3.78. The monoisotopic (exact) mass is 287 g/mol. The van der Waals surface area contributed by atoms with Crippen molar-refractivity contribution in [3.63, 3.8) is 0 Å². The van der Waals surface area contributed by atoms with Gasteiger partial charge in [-0.05, 0) is 26.3 Å². The molecule has 1 atom stereocenters. The molecule has 1 unspecified atom stereocenters. The normalized spacial score (nSPS) is 13.6. The molecule has 21 heavy (non-hydrogen) atoms. The van der Waals surface area contributed by atoms with E-state index in [1.165, 1.54) is 0 Å². The summed E-state index contributed by atoms with van der Waals surface area (Å²) in [5, 5.41) is 11.0. The number of fused-ring (bicyclic) bond motifs is 1. The Balaban J connectivity index is 2.47. The molecule has 0 aliphatic rings. The van der Waals surface area contributed by atoms with Crippen LogP contribution >= 0.6 is 0 Å². The van der Waals surface area contributed by atoms with E-state index >= 15 is 0 Å². The van der Waals surface area contributed by atoms with Crippen LogP contribution in [0, 0.1) is 5.92 Å². The summed E-state index contributed by atoms with van der Waals surface area (Å²) in [5.74, 6) is 0.235. The number of carbonyl (C=O) groups excluding carboxylic acids is 1. The molecular weight excluding hydrogens is 262 g/mol. The third kappa shape index (κ3) is 3.53. The second-order valence-corrected chi connectivity index (χ2v) is 6.55. The van der Waals surface area contributed by atoms with Crippen LogP contribution < -0.4 is 0 Å². The first kappa shape index (κ1) is 15.8. The van der Waals surface area contributed by atoms with E-state index in [0.717, 1.165) is 29.3 Å². The fraction of sp³-hybridized carbons (Fsp3) is 0.500. The molecule has 1 aromatic heterocycles. The highest BCUT2D eigenvalue weighted by atomic mass is 16.3. The first-order chi connectivity index (χ1) is 9.83. The van der Waals surface area contributed by atoms with Gasteiger partial charge in [0.15, 0.2) is 5.78 Å². The van der Waals surface area contributed by atoms with Gasteiger partial charge in [-0.25, -0.2) is 0 Å². The van der Waals surface area contributed by atoms with Gasteiger partial charge >= 0.3 is 0 Å². The second kappa shape index (κ2) is 6.02. The van der Waals surface area contributed by atoms with Crippen LogP contribution in [-0.2, 0) is 6.54 Å². The minimum atomic E-state index is -0.808. The summed E-state index contributed by atoms with van der Waals surface area (Å²) in [6.45, 7) is 8.13. The maximum absolute atomic E-state index is 12.7. The van der Waals surface area contributed by atoms with Gasteiger partial charge in [-0.15, -0.1) is 0 Å². The lowest BCUT2D eigenvalue weighted by Crippen LogP contribution is -2.25. The maximum Gasteiger partial charge on any atom is 0.167 e. The van der Waals surface area contributed by atoms with Crippen molar-refractivity contribution in [1.82, 2.24) is 4.57 Å². The van der Waals surface area contributed by atoms with E-state index in [-0.39, 0.29) is 11.7 Å². The molecule has 0 fully saturated rings. The number of Topliss-reactive ketones (excluding diaryl/α,β-unsaturated/α-hetero) is 1. The second-order valence-electron chi connectivity index (χ2n) is 6.55. The van der Waals surface area contributed by atoms with Crippen LogP contribution in [0.3, 0.4) is 0 Å².